The van der Waals surface area contributed by atoms with Gasteiger partial charge < -0.3 is 9.84 Å². The molecular formula is C15H16O2. The maximum absolute atomic E-state index is 9.10. The van der Waals surface area contributed by atoms with Crippen molar-refractivity contribution in [1.82, 2.24) is 0 Å². The highest BCUT2D eigenvalue weighted by molar-refractivity contribution is 5.64. The highest BCUT2D eigenvalue weighted by atomic mass is 16.5. The number of aliphatic hydroxyl groups excluding tert-OH is 1. The van der Waals surface area contributed by atoms with E-state index in [9.17, 15) is 0 Å². The van der Waals surface area contributed by atoms with E-state index in [2.05, 4.69) is 0 Å². The molecule has 0 aromatic heterocycles. The summed E-state index contributed by atoms with van der Waals surface area (Å²) in [6, 6.07) is 15.9. The first kappa shape index (κ1) is 11.7. The predicted molar refractivity (Wildman–Crippen MR) is 69.0 cm³/mol. The molecule has 2 heteroatoms. The molecule has 2 nitrogen and oxygen atoms in total. The fraction of sp³-hybridized carbons (Fsp3) is 0.200. The molecule has 2 rings (SSSR count). The molecule has 0 amide bonds. The van der Waals surface area contributed by atoms with Crippen LogP contribution in [0.3, 0.4) is 0 Å². The Morgan fingerprint density at radius 2 is 1.76 bits per heavy atom. The van der Waals surface area contributed by atoms with Crippen LogP contribution < -0.4 is 4.74 Å². The third kappa shape index (κ3) is 2.86. The van der Waals surface area contributed by atoms with Gasteiger partial charge in [0.05, 0.1) is 13.2 Å². The van der Waals surface area contributed by atoms with E-state index < -0.39 is 0 Å². The van der Waals surface area contributed by atoms with Crippen molar-refractivity contribution in [3.63, 3.8) is 0 Å². The molecule has 2 aromatic carbocycles. The molecule has 0 saturated heterocycles. The lowest BCUT2D eigenvalue weighted by Crippen LogP contribution is -1.90. The maximum Gasteiger partial charge on any atom is 0.119 e. The van der Waals surface area contributed by atoms with Crippen LogP contribution in [0.1, 0.15) is 12.5 Å². The van der Waals surface area contributed by atoms with E-state index in [0.29, 0.717) is 6.61 Å². The second kappa shape index (κ2) is 5.51. The molecule has 0 atom stereocenters. The maximum atomic E-state index is 9.10. The lowest BCUT2D eigenvalue weighted by Gasteiger charge is -2.06. The normalized spacial score (nSPS) is 10.2. The standard InChI is InChI=1S/C15H16O2/c1-2-17-15-8-6-13(7-9-15)14-5-3-4-12(10-14)11-16/h3-10,16H,2,11H2,1H3. The zero-order valence-electron chi connectivity index (χ0n) is 9.89. The van der Waals surface area contributed by atoms with Gasteiger partial charge in [-0.1, -0.05) is 30.3 Å². The number of hydrogen-bond donors (Lipinski definition) is 1. The minimum absolute atomic E-state index is 0.0743. The van der Waals surface area contributed by atoms with Crippen LogP contribution in [0.5, 0.6) is 5.75 Å². The number of benzene rings is 2. The molecule has 0 aliphatic carbocycles. The van der Waals surface area contributed by atoms with Gasteiger partial charge in [-0.25, -0.2) is 0 Å². The average molecular weight is 228 g/mol. The fourth-order valence-corrected chi connectivity index (χ4v) is 1.76. The van der Waals surface area contributed by atoms with Crippen molar-refractivity contribution in [2.75, 3.05) is 6.61 Å². The zero-order chi connectivity index (χ0) is 12.1. The number of aliphatic hydroxyl groups is 1. The molecule has 0 aliphatic rings. The second-order valence-electron chi connectivity index (χ2n) is 3.82. The first-order valence-corrected chi connectivity index (χ1v) is 5.76. The van der Waals surface area contributed by atoms with E-state index in [0.717, 1.165) is 22.4 Å². The molecular weight excluding hydrogens is 212 g/mol. The Morgan fingerprint density at radius 1 is 1.00 bits per heavy atom. The minimum atomic E-state index is 0.0743. The van der Waals surface area contributed by atoms with Gasteiger partial charge in [0.2, 0.25) is 0 Å². The molecule has 0 unspecified atom stereocenters. The molecule has 0 fully saturated rings. The monoisotopic (exact) mass is 228 g/mol. The second-order valence-corrected chi connectivity index (χ2v) is 3.82. The lowest BCUT2D eigenvalue weighted by atomic mass is 10.0. The van der Waals surface area contributed by atoms with E-state index >= 15 is 0 Å². The van der Waals surface area contributed by atoms with Crippen LogP contribution in [0.25, 0.3) is 11.1 Å². The van der Waals surface area contributed by atoms with Gasteiger partial charge in [-0.05, 0) is 41.8 Å². The van der Waals surface area contributed by atoms with Gasteiger partial charge in [-0.15, -0.1) is 0 Å². The van der Waals surface area contributed by atoms with E-state index in [1.54, 1.807) is 0 Å². The third-order valence-corrected chi connectivity index (χ3v) is 2.61. The van der Waals surface area contributed by atoms with Crippen LogP contribution in [0.2, 0.25) is 0 Å². The Labute approximate surface area is 101 Å². The molecule has 0 aliphatic heterocycles. The van der Waals surface area contributed by atoms with Crippen molar-refractivity contribution in [3.8, 4) is 16.9 Å². The van der Waals surface area contributed by atoms with E-state index in [1.165, 1.54) is 0 Å². The van der Waals surface area contributed by atoms with E-state index in [1.807, 2.05) is 55.5 Å². The van der Waals surface area contributed by atoms with Crippen molar-refractivity contribution in [3.05, 3.63) is 54.1 Å². The summed E-state index contributed by atoms with van der Waals surface area (Å²) in [5.74, 6) is 0.884. The van der Waals surface area contributed by atoms with Crippen LogP contribution in [0, 0.1) is 0 Å². The van der Waals surface area contributed by atoms with Crippen molar-refractivity contribution < 1.29 is 9.84 Å². The largest absolute Gasteiger partial charge is 0.494 e. The highest BCUT2D eigenvalue weighted by Gasteiger charge is 1.99. The average Bonchev–Trinajstić information content (AvgIpc) is 2.40. The van der Waals surface area contributed by atoms with Crippen molar-refractivity contribution >= 4 is 0 Å². The van der Waals surface area contributed by atoms with Crippen molar-refractivity contribution in [1.29, 1.82) is 0 Å². The lowest BCUT2D eigenvalue weighted by molar-refractivity contribution is 0.282. The summed E-state index contributed by atoms with van der Waals surface area (Å²) < 4.78 is 5.40. The van der Waals surface area contributed by atoms with E-state index in [-0.39, 0.29) is 6.61 Å². The highest BCUT2D eigenvalue weighted by Crippen LogP contribution is 2.23. The minimum Gasteiger partial charge on any atom is -0.494 e. The van der Waals surface area contributed by atoms with Crippen LogP contribution in [-0.2, 0) is 6.61 Å². The SMILES string of the molecule is CCOc1ccc(-c2cccc(CO)c2)cc1. The molecule has 0 heterocycles. The quantitative estimate of drug-likeness (QED) is 0.870. The van der Waals surface area contributed by atoms with Gasteiger partial charge in [0.25, 0.3) is 0 Å². The van der Waals surface area contributed by atoms with Crippen LogP contribution >= 0.6 is 0 Å². The molecule has 2 aromatic rings. The van der Waals surface area contributed by atoms with Crippen LogP contribution in [0.4, 0.5) is 0 Å². The van der Waals surface area contributed by atoms with Crippen molar-refractivity contribution in [2.45, 2.75) is 13.5 Å². The summed E-state index contributed by atoms with van der Waals surface area (Å²) in [6.45, 7) is 2.73. The Bertz CT molecular complexity index is 475. The molecule has 0 saturated carbocycles. The molecule has 88 valence electrons. The predicted octanol–water partition coefficient (Wildman–Crippen LogP) is 3.24. The van der Waals surface area contributed by atoms with Gasteiger partial charge in [0.1, 0.15) is 5.75 Å². The van der Waals surface area contributed by atoms with Gasteiger partial charge in [-0.3, -0.25) is 0 Å². The van der Waals surface area contributed by atoms with Gasteiger partial charge in [0.15, 0.2) is 0 Å². The van der Waals surface area contributed by atoms with E-state index in [4.69, 9.17) is 9.84 Å². The molecule has 0 bridgehead atoms. The summed E-state index contributed by atoms with van der Waals surface area (Å²) in [5.41, 5.74) is 3.17. The Hall–Kier alpha value is -1.80. The smallest absolute Gasteiger partial charge is 0.119 e. The summed E-state index contributed by atoms with van der Waals surface area (Å²) in [4.78, 5) is 0. The van der Waals surface area contributed by atoms with Gasteiger partial charge in [0, 0.05) is 0 Å². The fourth-order valence-electron chi connectivity index (χ4n) is 1.76. The first-order chi connectivity index (χ1) is 8.33. The summed E-state index contributed by atoms with van der Waals surface area (Å²) in [5, 5.41) is 9.10. The molecule has 0 spiro atoms. The van der Waals surface area contributed by atoms with Gasteiger partial charge in [-0.2, -0.15) is 0 Å². The number of ether oxygens (including phenoxy) is 1. The number of hydrogen-bond acceptors (Lipinski definition) is 2. The van der Waals surface area contributed by atoms with Crippen molar-refractivity contribution in [2.24, 2.45) is 0 Å². The third-order valence-electron chi connectivity index (χ3n) is 2.61. The molecule has 17 heavy (non-hydrogen) atoms. The molecule has 1 N–H and O–H groups in total. The Balaban J connectivity index is 2.26. The summed E-state index contributed by atoms with van der Waals surface area (Å²) >= 11 is 0. The van der Waals surface area contributed by atoms with Gasteiger partial charge >= 0.3 is 0 Å². The number of rotatable bonds is 4. The Kier molecular flexibility index (Phi) is 3.78. The van der Waals surface area contributed by atoms with Crippen LogP contribution in [-0.4, -0.2) is 11.7 Å². The van der Waals surface area contributed by atoms with Crippen LogP contribution in [0.15, 0.2) is 48.5 Å². The molecule has 0 radical (unpaired) electrons. The topological polar surface area (TPSA) is 29.5 Å². The first-order valence-electron chi connectivity index (χ1n) is 5.76. The summed E-state index contributed by atoms with van der Waals surface area (Å²) in [6.07, 6.45) is 0. The summed E-state index contributed by atoms with van der Waals surface area (Å²) in [7, 11) is 0. The zero-order valence-corrected chi connectivity index (χ0v) is 9.89. The Morgan fingerprint density at radius 3 is 2.41 bits per heavy atom.